The molecule has 1 N–H and O–H groups in total. The molecule has 0 unspecified atom stereocenters. The van der Waals surface area contributed by atoms with Crippen LogP contribution in [0.25, 0.3) is 0 Å². The first-order valence-electron chi connectivity index (χ1n) is 6.27. The Morgan fingerprint density at radius 3 is 2.33 bits per heavy atom. The number of rotatable bonds is 4. The number of carbonyl (C=O) groups excluding carboxylic acids is 2. The van der Waals surface area contributed by atoms with Crippen molar-refractivity contribution in [2.24, 2.45) is 0 Å². The van der Waals surface area contributed by atoms with Gasteiger partial charge in [-0.15, -0.1) is 0 Å². The lowest BCUT2D eigenvalue weighted by atomic mass is 10.0. The molecule has 0 saturated carbocycles. The van der Waals surface area contributed by atoms with Gasteiger partial charge >= 0.3 is 0 Å². The molecule has 0 atom stereocenters. The van der Waals surface area contributed by atoms with Crippen LogP contribution in [-0.2, 0) is 4.79 Å². The molecule has 4 nitrogen and oxygen atoms in total. The van der Waals surface area contributed by atoms with E-state index >= 15 is 0 Å². The molecule has 108 valence electrons. The Balaban J connectivity index is 2.46. The average Bonchev–Trinajstić information content (AvgIpc) is 2.47. The summed E-state index contributed by atoms with van der Waals surface area (Å²) in [6, 6.07) is 11.5. The maximum atomic E-state index is 12.6. The molecule has 21 heavy (non-hydrogen) atoms. The first kappa shape index (κ1) is 15.1. The number of methoxy groups -OCH3 is 1. The van der Waals surface area contributed by atoms with Crippen molar-refractivity contribution in [3.05, 3.63) is 58.6 Å². The van der Waals surface area contributed by atoms with Crippen LogP contribution in [0.3, 0.4) is 0 Å². The molecule has 2 aromatic carbocycles. The molecule has 0 saturated heterocycles. The van der Waals surface area contributed by atoms with Crippen molar-refractivity contribution in [2.75, 3.05) is 12.4 Å². The van der Waals surface area contributed by atoms with Gasteiger partial charge in [0.05, 0.1) is 12.8 Å². The highest BCUT2D eigenvalue weighted by molar-refractivity contribution is 6.30. The van der Waals surface area contributed by atoms with Gasteiger partial charge in [0.1, 0.15) is 5.75 Å². The molecule has 2 rings (SSSR count). The molecule has 0 bridgehead atoms. The van der Waals surface area contributed by atoms with Crippen LogP contribution < -0.4 is 10.1 Å². The van der Waals surface area contributed by atoms with E-state index in [9.17, 15) is 9.59 Å². The number of anilines is 1. The molecular formula is C16H14ClNO3. The smallest absolute Gasteiger partial charge is 0.221 e. The summed E-state index contributed by atoms with van der Waals surface area (Å²) in [5.41, 5.74) is 1.30. The second-order valence-electron chi connectivity index (χ2n) is 4.43. The van der Waals surface area contributed by atoms with Gasteiger partial charge in [-0.25, -0.2) is 0 Å². The minimum absolute atomic E-state index is 0.214. The lowest BCUT2D eigenvalue weighted by Gasteiger charge is -2.11. The molecule has 0 aromatic heterocycles. The van der Waals surface area contributed by atoms with Crippen molar-refractivity contribution in [3.8, 4) is 5.75 Å². The molecule has 5 heteroatoms. The molecule has 0 aliphatic rings. The van der Waals surface area contributed by atoms with E-state index in [0.29, 0.717) is 27.6 Å². The van der Waals surface area contributed by atoms with Crippen LogP contribution in [0.2, 0.25) is 5.02 Å². The van der Waals surface area contributed by atoms with E-state index in [0.717, 1.165) is 0 Å². The molecule has 0 heterocycles. The van der Waals surface area contributed by atoms with E-state index in [1.54, 1.807) is 42.5 Å². The van der Waals surface area contributed by atoms with Crippen LogP contribution in [-0.4, -0.2) is 18.8 Å². The van der Waals surface area contributed by atoms with E-state index in [4.69, 9.17) is 16.3 Å². The van der Waals surface area contributed by atoms with Crippen LogP contribution in [0.4, 0.5) is 5.69 Å². The summed E-state index contributed by atoms with van der Waals surface area (Å²) in [6.07, 6.45) is 0. The summed E-state index contributed by atoms with van der Waals surface area (Å²) in [5.74, 6) is 0.0843. The summed E-state index contributed by atoms with van der Waals surface area (Å²) in [7, 11) is 1.52. The summed E-state index contributed by atoms with van der Waals surface area (Å²) in [4.78, 5) is 23.8. The Labute approximate surface area is 127 Å². The van der Waals surface area contributed by atoms with Gasteiger partial charge in [0.2, 0.25) is 5.91 Å². The van der Waals surface area contributed by atoms with Crippen LogP contribution in [0.15, 0.2) is 42.5 Å². The summed E-state index contributed by atoms with van der Waals surface area (Å²) >= 11 is 5.82. The fraction of sp³-hybridized carbons (Fsp3) is 0.125. The Bertz CT molecular complexity index is 680. The largest absolute Gasteiger partial charge is 0.497 e. The highest BCUT2D eigenvalue weighted by Gasteiger charge is 2.15. The zero-order valence-corrected chi connectivity index (χ0v) is 12.4. The Hall–Kier alpha value is -2.33. The van der Waals surface area contributed by atoms with Gasteiger partial charge in [0.15, 0.2) is 5.78 Å². The van der Waals surface area contributed by atoms with Crippen molar-refractivity contribution in [1.82, 2.24) is 0 Å². The molecule has 0 aliphatic heterocycles. The predicted molar refractivity (Wildman–Crippen MR) is 82.2 cm³/mol. The molecule has 0 aliphatic carbocycles. The SMILES string of the molecule is COc1ccc(NC(C)=O)c(C(=O)c2ccc(Cl)cc2)c1. The molecule has 0 spiro atoms. The van der Waals surface area contributed by atoms with Crippen molar-refractivity contribution < 1.29 is 14.3 Å². The van der Waals surface area contributed by atoms with Crippen LogP contribution in [0.5, 0.6) is 5.75 Å². The second kappa shape index (κ2) is 6.41. The van der Waals surface area contributed by atoms with E-state index in [1.165, 1.54) is 14.0 Å². The number of benzene rings is 2. The minimum atomic E-state index is -0.245. The van der Waals surface area contributed by atoms with Gasteiger partial charge in [-0.3, -0.25) is 9.59 Å². The third-order valence-corrected chi connectivity index (χ3v) is 3.14. The van der Waals surface area contributed by atoms with E-state index < -0.39 is 0 Å². The normalized spacial score (nSPS) is 10.0. The van der Waals surface area contributed by atoms with Crippen molar-refractivity contribution >= 4 is 29.0 Å². The second-order valence-corrected chi connectivity index (χ2v) is 4.87. The Morgan fingerprint density at radius 1 is 1.10 bits per heavy atom. The number of halogens is 1. The van der Waals surface area contributed by atoms with Crippen LogP contribution >= 0.6 is 11.6 Å². The van der Waals surface area contributed by atoms with Crippen LogP contribution in [0, 0.1) is 0 Å². The van der Waals surface area contributed by atoms with Crippen molar-refractivity contribution in [1.29, 1.82) is 0 Å². The van der Waals surface area contributed by atoms with Gasteiger partial charge in [-0.05, 0) is 42.5 Å². The molecular weight excluding hydrogens is 290 g/mol. The quantitative estimate of drug-likeness (QED) is 0.879. The zero-order chi connectivity index (χ0) is 15.4. The van der Waals surface area contributed by atoms with Gasteiger partial charge in [-0.2, -0.15) is 0 Å². The number of hydrogen-bond donors (Lipinski definition) is 1. The summed E-state index contributed by atoms with van der Waals surface area (Å²) < 4.78 is 5.13. The van der Waals surface area contributed by atoms with Crippen LogP contribution in [0.1, 0.15) is 22.8 Å². The lowest BCUT2D eigenvalue weighted by Crippen LogP contribution is -2.12. The molecule has 2 aromatic rings. The third kappa shape index (κ3) is 3.61. The third-order valence-electron chi connectivity index (χ3n) is 2.89. The van der Waals surface area contributed by atoms with Crippen molar-refractivity contribution in [3.63, 3.8) is 0 Å². The summed E-state index contributed by atoms with van der Waals surface area (Å²) in [5, 5.41) is 3.20. The molecule has 0 fully saturated rings. The van der Waals surface area contributed by atoms with Gasteiger partial charge in [-0.1, -0.05) is 11.6 Å². The fourth-order valence-corrected chi connectivity index (χ4v) is 2.02. The Morgan fingerprint density at radius 2 is 1.76 bits per heavy atom. The van der Waals surface area contributed by atoms with Gasteiger partial charge in [0, 0.05) is 23.1 Å². The monoisotopic (exact) mass is 303 g/mol. The average molecular weight is 304 g/mol. The predicted octanol–water partition coefficient (Wildman–Crippen LogP) is 3.54. The Kier molecular flexibility index (Phi) is 4.60. The first-order valence-corrected chi connectivity index (χ1v) is 6.65. The summed E-state index contributed by atoms with van der Waals surface area (Å²) in [6.45, 7) is 1.39. The number of ether oxygens (including phenoxy) is 1. The number of hydrogen-bond acceptors (Lipinski definition) is 3. The number of amides is 1. The first-order chi connectivity index (χ1) is 10.0. The topological polar surface area (TPSA) is 55.4 Å². The highest BCUT2D eigenvalue weighted by Crippen LogP contribution is 2.25. The van der Waals surface area contributed by atoms with Gasteiger partial charge < -0.3 is 10.1 Å². The lowest BCUT2D eigenvalue weighted by molar-refractivity contribution is -0.114. The number of ketones is 1. The minimum Gasteiger partial charge on any atom is -0.497 e. The highest BCUT2D eigenvalue weighted by atomic mass is 35.5. The zero-order valence-electron chi connectivity index (χ0n) is 11.6. The van der Waals surface area contributed by atoms with Gasteiger partial charge in [0.25, 0.3) is 0 Å². The van der Waals surface area contributed by atoms with E-state index in [2.05, 4.69) is 5.32 Å². The number of carbonyl (C=O) groups is 2. The van der Waals surface area contributed by atoms with E-state index in [-0.39, 0.29) is 11.7 Å². The maximum Gasteiger partial charge on any atom is 0.221 e. The fourth-order valence-electron chi connectivity index (χ4n) is 1.89. The van der Waals surface area contributed by atoms with E-state index in [1.807, 2.05) is 0 Å². The molecule has 1 amide bonds. The molecule has 0 radical (unpaired) electrons. The number of nitrogens with one attached hydrogen (secondary N) is 1. The standard InChI is InChI=1S/C16H14ClNO3/c1-10(19)18-15-8-7-13(21-2)9-14(15)16(20)11-3-5-12(17)6-4-11/h3-9H,1-2H3,(H,18,19). The maximum absolute atomic E-state index is 12.6. The van der Waals surface area contributed by atoms with Crippen molar-refractivity contribution in [2.45, 2.75) is 6.92 Å².